The number of carbonyl (C=O) groups excluding carboxylic acids is 1. The van der Waals surface area contributed by atoms with Gasteiger partial charge in [0.1, 0.15) is 11.6 Å². The van der Waals surface area contributed by atoms with Crippen molar-refractivity contribution in [2.45, 2.75) is 65.2 Å². The lowest BCUT2D eigenvalue weighted by Crippen LogP contribution is -2.27. The van der Waals surface area contributed by atoms with Crippen molar-refractivity contribution < 1.29 is 4.79 Å². The molecular formula is C30H39N5O. The largest absolute Gasteiger partial charge is 0.370 e. The molecule has 1 N–H and O–H groups in total. The Labute approximate surface area is 215 Å². The fraction of sp³-hybridized carbons (Fsp3) is 0.500. The van der Waals surface area contributed by atoms with Crippen molar-refractivity contribution in [1.29, 1.82) is 0 Å². The molecule has 0 amide bonds. The predicted octanol–water partition coefficient (Wildman–Crippen LogP) is 5.26. The highest BCUT2D eigenvalue weighted by molar-refractivity contribution is 5.76. The average Bonchev–Trinajstić information content (AvgIpc) is 3.47. The van der Waals surface area contributed by atoms with Gasteiger partial charge in [-0.2, -0.15) is 5.10 Å². The second-order valence-corrected chi connectivity index (χ2v) is 10.8. The molecule has 1 saturated heterocycles. The number of aromatic nitrogens is 3. The van der Waals surface area contributed by atoms with Crippen LogP contribution < -0.4 is 5.32 Å². The topological polar surface area (TPSA) is 63.1 Å². The van der Waals surface area contributed by atoms with Crippen molar-refractivity contribution in [2.24, 2.45) is 5.92 Å². The van der Waals surface area contributed by atoms with E-state index in [1.807, 2.05) is 11.6 Å². The molecule has 190 valence electrons. The molecule has 0 saturated carbocycles. The smallest absolute Gasteiger partial charge is 0.130 e. The molecule has 6 heteroatoms. The van der Waals surface area contributed by atoms with Gasteiger partial charge in [-0.1, -0.05) is 18.2 Å². The van der Waals surface area contributed by atoms with E-state index in [0.717, 1.165) is 61.9 Å². The van der Waals surface area contributed by atoms with Crippen LogP contribution in [0.2, 0.25) is 0 Å². The minimum atomic E-state index is 0.201. The number of likely N-dealkylation sites (tertiary alicyclic amines) is 1. The van der Waals surface area contributed by atoms with E-state index >= 15 is 0 Å². The number of hydrogen-bond donors (Lipinski definition) is 1. The molecule has 0 bridgehead atoms. The summed E-state index contributed by atoms with van der Waals surface area (Å²) in [7, 11) is 0. The molecule has 2 aromatic heterocycles. The van der Waals surface area contributed by atoms with Crippen LogP contribution in [-0.2, 0) is 17.6 Å². The summed E-state index contributed by atoms with van der Waals surface area (Å²) < 4.78 is 2.00. The van der Waals surface area contributed by atoms with Gasteiger partial charge in [-0.15, -0.1) is 0 Å². The zero-order chi connectivity index (χ0) is 25.1. The first-order chi connectivity index (χ1) is 17.4. The minimum Gasteiger partial charge on any atom is -0.370 e. The van der Waals surface area contributed by atoms with Gasteiger partial charge in [-0.3, -0.25) is 0 Å². The van der Waals surface area contributed by atoms with Gasteiger partial charge < -0.3 is 15.0 Å². The van der Waals surface area contributed by atoms with Gasteiger partial charge >= 0.3 is 0 Å². The Kier molecular flexibility index (Phi) is 7.51. The van der Waals surface area contributed by atoms with E-state index in [9.17, 15) is 4.79 Å². The van der Waals surface area contributed by atoms with Crippen LogP contribution in [-0.4, -0.2) is 51.6 Å². The average molecular weight is 486 g/mol. The quantitative estimate of drug-likeness (QED) is 0.448. The molecule has 2 aliphatic heterocycles. The number of nitrogens with one attached hydrogen (secondary N) is 1. The number of nitrogens with zero attached hydrogens (tertiary/aromatic N) is 4. The number of benzene rings is 1. The van der Waals surface area contributed by atoms with Crippen molar-refractivity contribution in [3.05, 3.63) is 70.7 Å². The molecule has 0 radical (unpaired) electrons. The van der Waals surface area contributed by atoms with Gasteiger partial charge in [0.15, 0.2) is 0 Å². The summed E-state index contributed by atoms with van der Waals surface area (Å²) in [6.07, 6.45) is 6.35. The second-order valence-electron chi connectivity index (χ2n) is 10.8. The highest BCUT2D eigenvalue weighted by Crippen LogP contribution is 2.29. The SMILES string of the molecule is CC(=O)CC(CN1CC[C@@H](CCc2ccc3c(n2)NCCC3)C1)c1cccc(-n2nc(C)cc2C)c1. The number of Topliss-reactive ketones (excluding diaryl/α,β-unsaturated/α-hetero) is 1. The summed E-state index contributed by atoms with van der Waals surface area (Å²) >= 11 is 0. The van der Waals surface area contributed by atoms with Gasteiger partial charge in [0, 0.05) is 43.4 Å². The highest BCUT2D eigenvalue weighted by Gasteiger charge is 2.26. The molecule has 5 rings (SSSR count). The van der Waals surface area contributed by atoms with Crippen LogP contribution in [0.4, 0.5) is 5.82 Å². The highest BCUT2D eigenvalue weighted by atomic mass is 16.1. The van der Waals surface area contributed by atoms with E-state index in [-0.39, 0.29) is 11.7 Å². The third kappa shape index (κ3) is 5.86. The number of anilines is 1. The van der Waals surface area contributed by atoms with E-state index in [0.29, 0.717) is 12.3 Å². The van der Waals surface area contributed by atoms with Crippen LogP contribution in [0.1, 0.15) is 66.7 Å². The summed E-state index contributed by atoms with van der Waals surface area (Å²) in [4.78, 5) is 19.6. The van der Waals surface area contributed by atoms with Crippen molar-refractivity contribution in [1.82, 2.24) is 19.7 Å². The van der Waals surface area contributed by atoms with Gasteiger partial charge in [-0.05, 0) is 101 Å². The Morgan fingerprint density at radius 3 is 2.89 bits per heavy atom. The third-order valence-corrected chi connectivity index (χ3v) is 7.74. The molecule has 0 spiro atoms. The van der Waals surface area contributed by atoms with Gasteiger partial charge in [0.05, 0.1) is 11.4 Å². The summed E-state index contributed by atoms with van der Waals surface area (Å²) in [6, 6.07) is 15.2. The molecule has 6 nitrogen and oxygen atoms in total. The zero-order valence-corrected chi connectivity index (χ0v) is 22.0. The Hall–Kier alpha value is -2.99. The van der Waals surface area contributed by atoms with Crippen molar-refractivity contribution in [3.8, 4) is 5.69 Å². The third-order valence-electron chi connectivity index (χ3n) is 7.74. The maximum absolute atomic E-state index is 12.2. The molecular weight excluding hydrogens is 446 g/mol. The number of fused-ring (bicyclic) bond motifs is 1. The standard InChI is InChI=1S/C30H39N5O/c1-21-16-22(2)35(33-21)29-8-4-6-26(18-29)27(17-23(3)36)20-34-15-13-24(19-34)9-11-28-12-10-25-7-5-14-31-30(25)32-28/h4,6,8,10,12,16,18,24,27H,5,7,9,11,13-15,17,19-20H2,1-3H3,(H,31,32)/t24-,27?/m1/s1. The first-order valence-electron chi connectivity index (χ1n) is 13.5. The molecule has 4 heterocycles. The van der Waals surface area contributed by atoms with E-state index in [1.165, 1.54) is 36.1 Å². The predicted molar refractivity (Wildman–Crippen MR) is 145 cm³/mol. The number of hydrogen-bond acceptors (Lipinski definition) is 5. The summed E-state index contributed by atoms with van der Waals surface area (Å²) in [5, 5.41) is 8.11. The summed E-state index contributed by atoms with van der Waals surface area (Å²) in [6.45, 7) is 9.99. The van der Waals surface area contributed by atoms with Crippen molar-refractivity contribution in [3.63, 3.8) is 0 Å². The molecule has 1 unspecified atom stereocenters. The van der Waals surface area contributed by atoms with Crippen LogP contribution >= 0.6 is 0 Å². The Morgan fingerprint density at radius 2 is 2.08 bits per heavy atom. The fourth-order valence-corrected chi connectivity index (χ4v) is 5.92. The van der Waals surface area contributed by atoms with Crippen LogP contribution in [0.25, 0.3) is 5.69 Å². The summed E-state index contributed by atoms with van der Waals surface area (Å²) in [5.41, 5.74) is 7.00. The number of ketones is 1. The number of aryl methyl sites for hydroxylation is 4. The molecule has 1 aromatic carbocycles. The van der Waals surface area contributed by atoms with E-state index in [4.69, 9.17) is 4.98 Å². The first-order valence-corrected chi connectivity index (χ1v) is 13.5. The zero-order valence-electron chi connectivity index (χ0n) is 22.0. The lowest BCUT2D eigenvalue weighted by atomic mass is 9.93. The summed E-state index contributed by atoms with van der Waals surface area (Å²) in [5.74, 6) is 2.24. The molecule has 3 aromatic rings. The van der Waals surface area contributed by atoms with E-state index < -0.39 is 0 Å². The van der Waals surface area contributed by atoms with Crippen LogP contribution in [0.3, 0.4) is 0 Å². The van der Waals surface area contributed by atoms with Gasteiger partial charge in [-0.25, -0.2) is 9.67 Å². The lowest BCUT2D eigenvalue weighted by molar-refractivity contribution is -0.117. The Bertz CT molecular complexity index is 1220. The monoisotopic (exact) mass is 485 g/mol. The Balaban J connectivity index is 1.21. The molecule has 0 aliphatic carbocycles. The van der Waals surface area contributed by atoms with Crippen molar-refractivity contribution >= 4 is 11.6 Å². The van der Waals surface area contributed by atoms with Crippen LogP contribution in [0.15, 0.2) is 42.5 Å². The molecule has 2 atom stereocenters. The normalized spacial score (nSPS) is 18.6. The minimum absolute atomic E-state index is 0.201. The molecule has 2 aliphatic rings. The first kappa shape index (κ1) is 24.7. The van der Waals surface area contributed by atoms with E-state index in [1.54, 1.807) is 6.92 Å². The number of rotatable bonds is 9. The maximum Gasteiger partial charge on any atom is 0.130 e. The van der Waals surface area contributed by atoms with Crippen LogP contribution in [0.5, 0.6) is 0 Å². The van der Waals surface area contributed by atoms with Crippen molar-refractivity contribution in [2.75, 3.05) is 31.5 Å². The lowest BCUT2D eigenvalue weighted by Gasteiger charge is -2.24. The maximum atomic E-state index is 12.2. The van der Waals surface area contributed by atoms with E-state index in [2.05, 4.69) is 64.7 Å². The number of pyridine rings is 1. The molecule has 1 fully saturated rings. The van der Waals surface area contributed by atoms with Gasteiger partial charge in [0.25, 0.3) is 0 Å². The number of carbonyl (C=O) groups is 1. The second kappa shape index (κ2) is 11.0. The van der Waals surface area contributed by atoms with Crippen LogP contribution in [0, 0.1) is 19.8 Å². The van der Waals surface area contributed by atoms with Gasteiger partial charge in [0.2, 0.25) is 0 Å². The molecule has 36 heavy (non-hydrogen) atoms. The fourth-order valence-electron chi connectivity index (χ4n) is 5.92. The Morgan fingerprint density at radius 1 is 1.19 bits per heavy atom.